The molecule has 6 nitrogen and oxygen atoms in total. The Kier molecular flexibility index (Phi) is 4.80. The maximum atomic E-state index is 9.76. The van der Waals surface area contributed by atoms with E-state index in [9.17, 15) is 10.2 Å². The van der Waals surface area contributed by atoms with Crippen LogP contribution in [0, 0.1) is 0 Å². The van der Waals surface area contributed by atoms with Gasteiger partial charge in [0.2, 0.25) is 0 Å². The highest BCUT2D eigenvalue weighted by atomic mass is 32.1. The molecule has 4 aromatic rings. The lowest BCUT2D eigenvalue weighted by Gasteiger charge is -2.29. The summed E-state index contributed by atoms with van der Waals surface area (Å²) in [5.41, 5.74) is 3.70. The summed E-state index contributed by atoms with van der Waals surface area (Å²) in [5.74, 6) is 0.422. The van der Waals surface area contributed by atoms with Crippen molar-refractivity contribution in [1.82, 2.24) is 14.9 Å². The molecule has 0 radical (unpaired) electrons. The molecule has 154 valence electrons. The number of nitrogens with one attached hydrogen (secondary N) is 1. The van der Waals surface area contributed by atoms with Gasteiger partial charge >= 0.3 is 0 Å². The van der Waals surface area contributed by atoms with E-state index in [4.69, 9.17) is 12.2 Å². The molecule has 1 aliphatic heterocycles. The number of thiocarbonyl (C=S) groups is 1. The van der Waals surface area contributed by atoms with E-state index < -0.39 is 0 Å². The molecule has 3 N–H and O–H groups in total. The van der Waals surface area contributed by atoms with Crippen molar-refractivity contribution in [3.63, 3.8) is 0 Å². The number of nitrogens with zero attached hydrogens (tertiary/aromatic N) is 3. The molecule has 1 saturated heterocycles. The first-order valence-electron chi connectivity index (χ1n) is 9.88. The summed E-state index contributed by atoms with van der Waals surface area (Å²) in [7, 11) is 0. The predicted octanol–water partition coefficient (Wildman–Crippen LogP) is 4.46. The number of pyridine rings is 1. The van der Waals surface area contributed by atoms with Crippen LogP contribution >= 0.6 is 12.2 Å². The van der Waals surface area contributed by atoms with Gasteiger partial charge in [-0.2, -0.15) is 0 Å². The molecule has 2 aromatic carbocycles. The van der Waals surface area contributed by atoms with Gasteiger partial charge in [-0.1, -0.05) is 6.07 Å². The largest absolute Gasteiger partial charge is 0.508 e. The van der Waals surface area contributed by atoms with Crippen molar-refractivity contribution in [2.75, 3.05) is 4.90 Å². The number of aromatic nitrogens is 2. The quantitative estimate of drug-likeness (QED) is 0.417. The molecule has 0 amide bonds. The molecule has 1 aliphatic rings. The zero-order valence-corrected chi connectivity index (χ0v) is 17.3. The minimum absolute atomic E-state index is 0.173. The number of hydrogen-bond donors (Lipinski definition) is 3. The van der Waals surface area contributed by atoms with Crippen molar-refractivity contribution >= 4 is 23.0 Å². The van der Waals surface area contributed by atoms with E-state index in [2.05, 4.69) is 25.8 Å². The van der Waals surface area contributed by atoms with Gasteiger partial charge in [0, 0.05) is 29.5 Å². The van der Waals surface area contributed by atoms with Crippen LogP contribution in [0.25, 0.3) is 5.69 Å². The molecule has 0 unspecified atom stereocenters. The molecule has 1 fully saturated rings. The van der Waals surface area contributed by atoms with E-state index >= 15 is 0 Å². The van der Waals surface area contributed by atoms with Crippen molar-refractivity contribution in [2.24, 2.45) is 0 Å². The highest BCUT2D eigenvalue weighted by molar-refractivity contribution is 7.80. The summed E-state index contributed by atoms with van der Waals surface area (Å²) in [6.07, 6.45) is 3.77. The van der Waals surface area contributed by atoms with Crippen LogP contribution in [-0.2, 0) is 0 Å². The zero-order valence-electron chi connectivity index (χ0n) is 16.5. The molecular formula is C24H20N4O2S. The van der Waals surface area contributed by atoms with Crippen LogP contribution < -0.4 is 10.2 Å². The van der Waals surface area contributed by atoms with Gasteiger partial charge in [-0.15, -0.1) is 0 Å². The maximum Gasteiger partial charge on any atom is 0.174 e. The average molecular weight is 429 g/mol. The first-order chi connectivity index (χ1) is 15.1. The minimum atomic E-state index is -0.184. The van der Waals surface area contributed by atoms with Gasteiger partial charge < -0.3 is 25.0 Å². The molecule has 5 rings (SSSR count). The fourth-order valence-electron chi connectivity index (χ4n) is 4.03. The van der Waals surface area contributed by atoms with Gasteiger partial charge in [0.15, 0.2) is 5.11 Å². The summed E-state index contributed by atoms with van der Waals surface area (Å²) >= 11 is 5.74. The van der Waals surface area contributed by atoms with Crippen molar-refractivity contribution < 1.29 is 10.2 Å². The average Bonchev–Trinajstić information content (AvgIpc) is 3.40. The van der Waals surface area contributed by atoms with Crippen LogP contribution in [0.15, 0.2) is 91.3 Å². The molecule has 31 heavy (non-hydrogen) atoms. The van der Waals surface area contributed by atoms with E-state index in [0.29, 0.717) is 5.11 Å². The molecule has 0 aliphatic carbocycles. The maximum absolute atomic E-state index is 9.76. The van der Waals surface area contributed by atoms with Crippen LogP contribution in [0.2, 0.25) is 0 Å². The fourth-order valence-corrected chi connectivity index (χ4v) is 4.38. The lowest BCUT2D eigenvalue weighted by atomic mass is 10.0. The predicted molar refractivity (Wildman–Crippen MR) is 123 cm³/mol. The summed E-state index contributed by atoms with van der Waals surface area (Å²) in [4.78, 5) is 6.64. The Balaban J connectivity index is 1.66. The summed E-state index contributed by atoms with van der Waals surface area (Å²) in [5, 5.41) is 23.5. The zero-order chi connectivity index (χ0) is 21.4. The highest BCUT2D eigenvalue weighted by Gasteiger charge is 2.42. The Labute approximate surface area is 185 Å². The van der Waals surface area contributed by atoms with E-state index in [1.165, 1.54) is 0 Å². The Bertz CT molecular complexity index is 1210. The van der Waals surface area contributed by atoms with Crippen molar-refractivity contribution in [2.45, 2.75) is 12.1 Å². The lowest BCUT2D eigenvalue weighted by molar-refractivity contribution is 0.474. The minimum Gasteiger partial charge on any atom is -0.508 e. The van der Waals surface area contributed by atoms with Crippen molar-refractivity contribution in [3.05, 3.63) is 103 Å². The molecule has 2 atom stereocenters. The summed E-state index contributed by atoms with van der Waals surface area (Å²) in [6, 6.07) is 23.7. The van der Waals surface area contributed by atoms with Gasteiger partial charge in [0.05, 0.1) is 11.7 Å². The Morgan fingerprint density at radius 3 is 2.13 bits per heavy atom. The SMILES string of the molecule is Oc1ccc(N2C(=S)N[C@@H](c3ccccn3)[C@H]2c2cccn2-c2ccc(O)cc2)cc1. The molecule has 7 heteroatoms. The first kappa shape index (κ1) is 19.1. The van der Waals surface area contributed by atoms with Crippen molar-refractivity contribution in [3.8, 4) is 17.2 Å². The normalized spacial score (nSPS) is 18.2. The molecular weight excluding hydrogens is 408 g/mol. The summed E-state index contributed by atoms with van der Waals surface area (Å²) in [6.45, 7) is 0. The Hall–Kier alpha value is -3.84. The van der Waals surface area contributed by atoms with Crippen LogP contribution in [0.3, 0.4) is 0 Å². The van der Waals surface area contributed by atoms with Crippen molar-refractivity contribution in [1.29, 1.82) is 0 Å². The lowest BCUT2D eigenvalue weighted by Crippen LogP contribution is -2.30. The number of phenolic OH excluding ortho intramolecular Hbond substituents is 2. The van der Waals surface area contributed by atoms with E-state index in [1.54, 1.807) is 30.5 Å². The standard InChI is InChI=1S/C24H20N4O2S/c29-18-10-6-16(7-11-18)27-15-3-5-21(27)23-22(20-4-1-2-14-25-20)26-24(31)28(23)17-8-12-19(30)13-9-17/h1-15,22-23,29-30H,(H,26,31)/t22-,23+/m0/s1. The number of benzene rings is 2. The van der Waals surface area contributed by atoms with Gasteiger partial charge in [0.1, 0.15) is 17.5 Å². The van der Waals surface area contributed by atoms with E-state index in [1.807, 2.05) is 54.7 Å². The van der Waals surface area contributed by atoms with Gasteiger partial charge in [-0.3, -0.25) is 4.98 Å². The van der Waals surface area contributed by atoms with Gasteiger partial charge in [-0.25, -0.2) is 0 Å². The van der Waals surface area contributed by atoms with Gasteiger partial charge in [0.25, 0.3) is 0 Å². The number of aromatic hydroxyl groups is 2. The second kappa shape index (κ2) is 7.77. The Morgan fingerprint density at radius 2 is 1.48 bits per heavy atom. The van der Waals surface area contributed by atoms with E-state index in [0.717, 1.165) is 22.8 Å². The third-order valence-electron chi connectivity index (χ3n) is 5.44. The fraction of sp³-hybridized carbons (Fsp3) is 0.0833. The molecule has 2 aromatic heterocycles. The first-order valence-corrected chi connectivity index (χ1v) is 10.3. The van der Waals surface area contributed by atoms with E-state index in [-0.39, 0.29) is 23.6 Å². The third kappa shape index (κ3) is 3.49. The number of phenols is 2. The second-order valence-corrected chi connectivity index (χ2v) is 7.72. The summed E-state index contributed by atoms with van der Waals surface area (Å²) < 4.78 is 2.09. The van der Waals surface area contributed by atoms with Crippen LogP contribution in [-0.4, -0.2) is 24.9 Å². The molecule has 0 saturated carbocycles. The number of rotatable bonds is 4. The number of anilines is 1. The topological polar surface area (TPSA) is 73.5 Å². The molecule has 0 spiro atoms. The van der Waals surface area contributed by atoms with Crippen LogP contribution in [0.1, 0.15) is 23.5 Å². The number of hydrogen-bond acceptors (Lipinski definition) is 4. The van der Waals surface area contributed by atoms with Gasteiger partial charge in [-0.05, 0) is 85.0 Å². The Morgan fingerprint density at radius 1 is 0.806 bits per heavy atom. The third-order valence-corrected chi connectivity index (χ3v) is 5.75. The van der Waals surface area contributed by atoms with Crippen LogP contribution in [0.4, 0.5) is 5.69 Å². The molecule has 3 heterocycles. The monoisotopic (exact) mass is 428 g/mol. The molecule has 0 bridgehead atoms. The highest BCUT2D eigenvalue weighted by Crippen LogP contribution is 2.42. The van der Waals surface area contributed by atoms with Crippen LogP contribution in [0.5, 0.6) is 11.5 Å². The second-order valence-electron chi connectivity index (χ2n) is 7.33. The smallest absolute Gasteiger partial charge is 0.174 e.